The van der Waals surface area contributed by atoms with E-state index in [0.29, 0.717) is 6.04 Å². The maximum Gasteiger partial charge on any atom is 0.407 e. The third-order valence-electron chi connectivity index (χ3n) is 2.02. The zero-order valence-corrected chi connectivity index (χ0v) is 8.46. The first-order valence-electron chi connectivity index (χ1n) is 4.78. The maximum absolute atomic E-state index is 11.2. The molecular formula is C9H18N2O2. The van der Waals surface area contributed by atoms with Crippen LogP contribution in [0, 0.1) is 0 Å². The molecular weight excluding hydrogens is 168 g/mol. The van der Waals surface area contributed by atoms with E-state index in [1.165, 1.54) is 0 Å². The largest absolute Gasteiger partial charge is 0.447 e. The number of hydrogen-bond donors (Lipinski definition) is 2. The first kappa shape index (κ1) is 10.3. The lowest BCUT2D eigenvalue weighted by Gasteiger charge is -2.13. The van der Waals surface area contributed by atoms with Gasteiger partial charge in [0.05, 0.1) is 6.10 Å². The number of carbonyl (C=O) groups is 1. The lowest BCUT2D eigenvalue weighted by Crippen LogP contribution is -2.37. The van der Waals surface area contributed by atoms with E-state index in [9.17, 15) is 4.79 Å². The van der Waals surface area contributed by atoms with Crippen LogP contribution < -0.4 is 10.6 Å². The molecule has 0 aromatic rings. The van der Waals surface area contributed by atoms with Crippen molar-refractivity contribution in [2.75, 3.05) is 6.54 Å². The van der Waals surface area contributed by atoms with Crippen molar-refractivity contribution in [1.29, 1.82) is 0 Å². The molecule has 2 N–H and O–H groups in total. The molecule has 13 heavy (non-hydrogen) atoms. The summed E-state index contributed by atoms with van der Waals surface area (Å²) in [6.07, 6.45) is 0.621. The van der Waals surface area contributed by atoms with Crippen molar-refractivity contribution >= 4 is 6.09 Å². The molecule has 0 saturated carbocycles. The Kier molecular flexibility index (Phi) is 3.54. The standard InChI is InChI=1S/C9H18N2O2/c1-6(2)13-9(12)11-8-4-7(3)10-5-8/h6-8,10H,4-5H2,1-3H3,(H,11,12). The van der Waals surface area contributed by atoms with Gasteiger partial charge in [0, 0.05) is 18.6 Å². The Bertz CT molecular complexity index is 182. The van der Waals surface area contributed by atoms with Gasteiger partial charge in [-0.1, -0.05) is 0 Å². The van der Waals surface area contributed by atoms with Crippen LogP contribution in [0.3, 0.4) is 0 Å². The number of ether oxygens (including phenoxy) is 1. The van der Waals surface area contributed by atoms with Gasteiger partial charge in [-0.05, 0) is 27.2 Å². The fourth-order valence-corrected chi connectivity index (χ4v) is 1.46. The first-order chi connectivity index (χ1) is 6.08. The predicted molar refractivity (Wildman–Crippen MR) is 50.6 cm³/mol. The van der Waals surface area contributed by atoms with Crippen LogP contribution in [0.1, 0.15) is 27.2 Å². The second-order valence-electron chi connectivity index (χ2n) is 3.84. The maximum atomic E-state index is 11.2. The van der Waals surface area contributed by atoms with Crippen LogP contribution in [0.15, 0.2) is 0 Å². The number of hydrogen-bond acceptors (Lipinski definition) is 3. The van der Waals surface area contributed by atoms with Gasteiger partial charge >= 0.3 is 6.09 Å². The Morgan fingerprint density at radius 1 is 1.62 bits per heavy atom. The summed E-state index contributed by atoms with van der Waals surface area (Å²) in [5.74, 6) is 0. The molecule has 1 amide bonds. The molecule has 4 heteroatoms. The topological polar surface area (TPSA) is 50.4 Å². The van der Waals surface area contributed by atoms with Crippen molar-refractivity contribution in [3.05, 3.63) is 0 Å². The van der Waals surface area contributed by atoms with E-state index in [1.807, 2.05) is 13.8 Å². The number of amides is 1. The minimum absolute atomic E-state index is 0.0493. The van der Waals surface area contributed by atoms with Crippen molar-refractivity contribution < 1.29 is 9.53 Å². The average molecular weight is 186 g/mol. The fourth-order valence-electron chi connectivity index (χ4n) is 1.46. The lowest BCUT2D eigenvalue weighted by molar-refractivity contribution is 0.113. The molecule has 0 radical (unpaired) electrons. The second-order valence-corrected chi connectivity index (χ2v) is 3.84. The molecule has 1 aliphatic rings. The van der Waals surface area contributed by atoms with E-state index in [0.717, 1.165) is 13.0 Å². The summed E-state index contributed by atoms with van der Waals surface area (Å²) in [5, 5.41) is 6.07. The predicted octanol–water partition coefficient (Wildman–Crippen LogP) is 0.871. The third kappa shape index (κ3) is 3.63. The van der Waals surface area contributed by atoms with Gasteiger partial charge in [-0.3, -0.25) is 0 Å². The third-order valence-corrected chi connectivity index (χ3v) is 2.02. The minimum Gasteiger partial charge on any atom is -0.447 e. The van der Waals surface area contributed by atoms with Gasteiger partial charge in [0.1, 0.15) is 0 Å². The van der Waals surface area contributed by atoms with Crippen molar-refractivity contribution in [3.63, 3.8) is 0 Å². The van der Waals surface area contributed by atoms with Crippen LogP contribution in [0.4, 0.5) is 4.79 Å². The van der Waals surface area contributed by atoms with E-state index in [-0.39, 0.29) is 18.2 Å². The zero-order chi connectivity index (χ0) is 9.84. The molecule has 1 heterocycles. The Hall–Kier alpha value is -0.770. The van der Waals surface area contributed by atoms with Gasteiger partial charge in [0.2, 0.25) is 0 Å². The Morgan fingerprint density at radius 3 is 2.77 bits per heavy atom. The van der Waals surface area contributed by atoms with Gasteiger partial charge in [0.25, 0.3) is 0 Å². The van der Waals surface area contributed by atoms with Crippen LogP contribution in [-0.4, -0.2) is 30.8 Å². The lowest BCUT2D eigenvalue weighted by atomic mass is 10.2. The molecule has 0 aromatic heterocycles. The number of carbonyl (C=O) groups excluding carboxylic acids is 1. The van der Waals surface area contributed by atoms with Gasteiger partial charge < -0.3 is 15.4 Å². The van der Waals surface area contributed by atoms with Crippen molar-refractivity contribution in [2.45, 2.75) is 45.4 Å². The van der Waals surface area contributed by atoms with Crippen molar-refractivity contribution in [2.24, 2.45) is 0 Å². The smallest absolute Gasteiger partial charge is 0.407 e. The number of alkyl carbamates (subject to hydrolysis) is 1. The summed E-state index contributed by atoms with van der Waals surface area (Å²) >= 11 is 0. The van der Waals surface area contributed by atoms with E-state index >= 15 is 0 Å². The van der Waals surface area contributed by atoms with Crippen LogP contribution >= 0.6 is 0 Å². The highest BCUT2D eigenvalue weighted by Gasteiger charge is 2.22. The highest BCUT2D eigenvalue weighted by molar-refractivity contribution is 5.67. The van der Waals surface area contributed by atoms with Crippen LogP contribution in [0.25, 0.3) is 0 Å². The summed E-state index contributed by atoms with van der Waals surface area (Å²) in [6.45, 7) is 6.63. The molecule has 0 spiro atoms. The highest BCUT2D eigenvalue weighted by Crippen LogP contribution is 2.05. The Morgan fingerprint density at radius 2 is 2.31 bits per heavy atom. The summed E-state index contributed by atoms with van der Waals surface area (Å²) < 4.78 is 4.97. The molecule has 2 atom stereocenters. The first-order valence-corrected chi connectivity index (χ1v) is 4.78. The molecule has 1 aliphatic heterocycles. The molecule has 4 nitrogen and oxygen atoms in total. The van der Waals surface area contributed by atoms with Crippen LogP contribution in [-0.2, 0) is 4.74 Å². The molecule has 1 saturated heterocycles. The second kappa shape index (κ2) is 4.46. The quantitative estimate of drug-likeness (QED) is 0.673. The zero-order valence-electron chi connectivity index (χ0n) is 8.46. The Balaban J connectivity index is 2.21. The van der Waals surface area contributed by atoms with Gasteiger partial charge in [0.15, 0.2) is 0 Å². The SMILES string of the molecule is CC1CC(NC(=O)OC(C)C)CN1. The van der Waals surface area contributed by atoms with Gasteiger partial charge in [-0.15, -0.1) is 0 Å². The summed E-state index contributed by atoms with van der Waals surface area (Å²) in [7, 11) is 0. The van der Waals surface area contributed by atoms with Gasteiger partial charge in [-0.25, -0.2) is 4.79 Å². The molecule has 1 rings (SSSR count). The Labute approximate surface area is 79.0 Å². The van der Waals surface area contributed by atoms with E-state index in [2.05, 4.69) is 17.6 Å². The summed E-state index contributed by atoms with van der Waals surface area (Å²) in [4.78, 5) is 11.2. The molecule has 0 aliphatic carbocycles. The summed E-state index contributed by atoms with van der Waals surface area (Å²) in [6, 6.07) is 0.714. The highest BCUT2D eigenvalue weighted by atomic mass is 16.6. The normalized spacial score (nSPS) is 27.7. The van der Waals surface area contributed by atoms with E-state index in [4.69, 9.17) is 4.74 Å². The molecule has 1 fully saturated rings. The fraction of sp³-hybridized carbons (Fsp3) is 0.889. The number of nitrogens with one attached hydrogen (secondary N) is 2. The van der Waals surface area contributed by atoms with Crippen LogP contribution in [0.2, 0.25) is 0 Å². The van der Waals surface area contributed by atoms with Crippen LogP contribution in [0.5, 0.6) is 0 Å². The summed E-state index contributed by atoms with van der Waals surface area (Å²) in [5.41, 5.74) is 0. The minimum atomic E-state index is -0.309. The number of rotatable bonds is 2. The van der Waals surface area contributed by atoms with E-state index in [1.54, 1.807) is 0 Å². The van der Waals surface area contributed by atoms with Gasteiger partial charge in [-0.2, -0.15) is 0 Å². The van der Waals surface area contributed by atoms with Crippen molar-refractivity contribution in [3.8, 4) is 0 Å². The monoisotopic (exact) mass is 186 g/mol. The van der Waals surface area contributed by atoms with E-state index < -0.39 is 0 Å². The molecule has 0 aromatic carbocycles. The molecule has 2 unspecified atom stereocenters. The molecule has 76 valence electrons. The molecule has 0 bridgehead atoms. The van der Waals surface area contributed by atoms with Crippen molar-refractivity contribution in [1.82, 2.24) is 10.6 Å². The average Bonchev–Trinajstić information content (AvgIpc) is 2.33.